The number of nitrogen functional groups attached to an aromatic ring is 1. The Kier molecular flexibility index (Phi) is 5.67. The number of nitrogens with two attached hydrogens (primary N) is 1. The summed E-state index contributed by atoms with van der Waals surface area (Å²) in [4.78, 5) is 13.0. The largest absolute Gasteiger partial charge is 0.382 e. The van der Waals surface area contributed by atoms with Crippen molar-refractivity contribution in [1.82, 2.24) is 25.2 Å². The van der Waals surface area contributed by atoms with Gasteiger partial charge in [-0.1, -0.05) is 71.9 Å². The Morgan fingerprint density at radius 1 is 0.865 bits per heavy atom. The number of anilines is 2. The molecule has 37 heavy (non-hydrogen) atoms. The van der Waals surface area contributed by atoms with E-state index < -0.39 is 0 Å². The fourth-order valence-electron chi connectivity index (χ4n) is 4.37. The molecule has 8 heteroatoms. The lowest BCUT2D eigenvalue weighted by molar-refractivity contribution is 0.102. The van der Waals surface area contributed by atoms with E-state index >= 15 is 0 Å². The monoisotopic (exact) mass is 485 g/mol. The molecule has 4 aromatic carbocycles. The summed E-state index contributed by atoms with van der Waals surface area (Å²) >= 11 is 0. The summed E-state index contributed by atoms with van der Waals surface area (Å²) in [6, 6.07) is 32.8. The predicted octanol–water partition coefficient (Wildman–Crippen LogP) is 5.37. The Balaban J connectivity index is 1.44. The number of amides is 1. The van der Waals surface area contributed by atoms with Crippen molar-refractivity contribution < 1.29 is 4.79 Å². The van der Waals surface area contributed by atoms with Crippen LogP contribution in [0.5, 0.6) is 0 Å². The molecule has 6 aromatic rings. The molecule has 4 N–H and O–H groups in total. The highest BCUT2D eigenvalue weighted by Gasteiger charge is 2.19. The van der Waals surface area contributed by atoms with E-state index in [0.29, 0.717) is 23.6 Å². The average Bonchev–Trinajstić information content (AvgIpc) is 3.53. The van der Waals surface area contributed by atoms with Crippen molar-refractivity contribution in [1.29, 1.82) is 0 Å². The van der Waals surface area contributed by atoms with Crippen molar-refractivity contribution in [3.05, 3.63) is 114 Å². The van der Waals surface area contributed by atoms with Crippen LogP contribution in [0.25, 0.3) is 33.4 Å². The Labute approximate surface area is 212 Å². The van der Waals surface area contributed by atoms with Gasteiger partial charge in [-0.05, 0) is 42.0 Å². The molecule has 0 aliphatic carbocycles. The first-order valence-electron chi connectivity index (χ1n) is 11.8. The van der Waals surface area contributed by atoms with Crippen molar-refractivity contribution in [3.63, 3.8) is 0 Å². The lowest BCUT2D eigenvalue weighted by atomic mass is 10.0. The number of carbonyl (C=O) groups is 1. The fourth-order valence-corrected chi connectivity index (χ4v) is 4.37. The summed E-state index contributed by atoms with van der Waals surface area (Å²) in [6.07, 6.45) is 0. The summed E-state index contributed by atoms with van der Waals surface area (Å²) in [6.45, 7) is 0.527. The van der Waals surface area contributed by atoms with E-state index in [0.717, 1.165) is 39.0 Å². The number of aromatic nitrogens is 5. The number of aromatic amines is 1. The molecule has 0 fully saturated rings. The van der Waals surface area contributed by atoms with E-state index in [1.807, 2.05) is 102 Å². The third-order valence-corrected chi connectivity index (χ3v) is 6.21. The molecule has 1 amide bonds. The van der Waals surface area contributed by atoms with Crippen LogP contribution in [0.3, 0.4) is 0 Å². The van der Waals surface area contributed by atoms with Gasteiger partial charge >= 0.3 is 0 Å². The van der Waals surface area contributed by atoms with Gasteiger partial charge in [0.2, 0.25) is 0 Å². The van der Waals surface area contributed by atoms with Gasteiger partial charge in [0.1, 0.15) is 5.69 Å². The summed E-state index contributed by atoms with van der Waals surface area (Å²) in [7, 11) is 0. The molecule has 0 aliphatic heterocycles. The molecule has 0 unspecified atom stereocenters. The van der Waals surface area contributed by atoms with Crippen LogP contribution in [0.15, 0.2) is 103 Å². The Morgan fingerprint density at radius 2 is 1.65 bits per heavy atom. The number of hydrogen-bond donors (Lipinski definition) is 3. The second-order valence-electron chi connectivity index (χ2n) is 8.70. The molecular weight excluding hydrogens is 462 g/mol. The molecule has 0 aliphatic rings. The lowest BCUT2D eigenvalue weighted by Gasteiger charge is -2.11. The van der Waals surface area contributed by atoms with Gasteiger partial charge in [0.05, 0.1) is 17.8 Å². The number of benzene rings is 4. The molecule has 2 heterocycles. The highest BCUT2D eigenvalue weighted by atomic mass is 16.1. The van der Waals surface area contributed by atoms with Crippen LogP contribution < -0.4 is 11.1 Å². The lowest BCUT2D eigenvalue weighted by Crippen LogP contribution is -2.12. The summed E-state index contributed by atoms with van der Waals surface area (Å²) in [5, 5.41) is 19.9. The molecule has 180 valence electrons. The quantitative estimate of drug-likeness (QED) is 0.293. The first-order valence-corrected chi connectivity index (χ1v) is 11.8. The topological polar surface area (TPSA) is 115 Å². The normalized spacial score (nSPS) is 11.0. The second kappa shape index (κ2) is 9.43. The zero-order valence-corrected chi connectivity index (χ0v) is 19.8. The highest BCUT2D eigenvalue weighted by Crippen LogP contribution is 2.33. The molecule has 0 atom stereocenters. The van der Waals surface area contributed by atoms with E-state index in [1.54, 1.807) is 6.07 Å². The van der Waals surface area contributed by atoms with Crippen LogP contribution in [-0.2, 0) is 6.54 Å². The van der Waals surface area contributed by atoms with E-state index in [4.69, 9.17) is 5.73 Å². The van der Waals surface area contributed by atoms with Crippen molar-refractivity contribution in [2.24, 2.45) is 0 Å². The average molecular weight is 486 g/mol. The maximum absolute atomic E-state index is 13.0. The van der Waals surface area contributed by atoms with E-state index in [9.17, 15) is 4.79 Å². The van der Waals surface area contributed by atoms with Crippen molar-refractivity contribution in [3.8, 4) is 22.5 Å². The van der Waals surface area contributed by atoms with Gasteiger partial charge in [0.25, 0.3) is 5.91 Å². The number of fused-ring (bicyclic) bond motifs is 1. The molecule has 0 saturated carbocycles. The second-order valence-corrected chi connectivity index (χ2v) is 8.70. The molecule has 8 nitrogen and oxygen atoms in total. The zero-order valence-electron chi connectivity index (χ0n) is 19.8. The zero-order chi connectivity index (χ0) is 25.2. The van der Waals surface area contributed by atoms with Crippen molar-refractivity contribution in [2.45, 2.75) is 6.54 Å². The summed E-state index contributed by atoms with van der Waals surface area (Å²) in [5.41, 5.74) is 12.5. The predicted molar refractivity (Wildman–Crippen MR) is 145 cm³/mol. The maximum Gasteiger partial charge on any atom is 0.255 e. The number of carbonyl (C=O) groups excluding carboxylic acids is 1. The molecule has 0 saturated heterocycles. The van der Waals surface area contributed by atoms with Crippen molar-refractivity contribution in [2.75, 3.05) is 11.1 Å². The number of rotatable bonds is 6. The van der Waals surface area contributed by atoms with Gasteiger partial charge in [-0.15, -0.1) is 5.10 Å². The third kappa shape index (κ3) is 4.43. The van der Waals surface area contributed by atoms with Gasteiger partial charge < -0.3 is 11.1 Å². The molecule has 0 radical (unpaired) electrons. The minimum atomic E-state index is -0.190. The minimum absolute atomic E-state index is 0.190. The van der Waals surface area contributed by atoms with Crippen LogP contribution in [0.4, 0.5) is 11.5 Å². The van der Waals surface area contributed by atoms with Gasteiger partial charge in [-0.25, -0.2) is 4.68 Å². The number of nitrogens with one attached hydrogen (secondary N) is 2. The molecule has 0 bridgehead atoms. The smallest absolute Gasteiger partial charge is 0.255 e. The van der Waals surface area contributed by atoms with Crippen LogP contribution in [0.1, 0.15) is 15.9 Å². The van der Waals surface area contributed by atoms with Crippen LogP contribution >= 0.6 is 0 Å². The number of nitrogens with zero attached hydrogens (tertiary/aromatic N) is 4. The van der Waals surface area contributed by atoms with Gasteiger partial charge in [0, 0.05) is 27.8 Å². The Bertz CT molecular complexity index is 1710. The number of para-hydroxylation sites is 1. The van der Waals surface area contributed by atoms with E-state index in [-0.39, 0.29) is 5.91 Å². The molecule has 0 spiro atoms. The van der Waals surface area contributed by atoms with Crippen LogP contribution in [0, 0.1) is 0 Å². The van der Waals surface area contributed by atoms with E-state index in [2.05, 4.69) is 25.8 Å². The van der Waals surface area contributed by atoms with Gasteiger partial charge in [-0.2, -0.15) is 5.10 Å². The van der Waals surface area contributed by atoms with Gasteiger partial charge in [-0.3, -0.25) is 9.89 Å². The Hall–Kier alpha value is -5.24. The molecule has 6 rings (SSSR count). The molecular formula is C29H23N7O. The van der Waals surface area contributed by atoms with Crippen molar-refractivity contribution >= 4 is 28.3 Å². The highest BCUT2D eigenvalue weighted by molar-refractivity contribution is 6.05. The Morgan fingerprint density at radius 3 is 2.46 bits per heavy atom. The minimum Gasteiger partial charge on any atom is -0.382 e. The third-order valence-electron chi connectivity index (χ3n) is 6.21. The SMILES string of the molecule is Nc1n[nH]c2ccc(-c3nnn(Cc4ccccc4)c3-c3cccc(C(=O)Nc4ccccc4)c3)cc12. The molecule has 2 aromatic heterocycles. The van der Waals surface area contributed by atoms with E-state index in [1.165, 1.54) is 0 Å². The standard InChI is InChI=1S/C29H23N7O/c30-28-24-17-20(14-15-25(24)32-34-28)26-27(36(35-33-26)18-19-8-3-1-4-9-19)21-10-7-11-22(16-21)29(37)31-23-12-5-2-6-13-23/h1-17H,18H2,(H,31,37)(H3,30,32,34). The summed E-state index contributed by atoms with van der Waals surface area (Å²) < 4.78 is 1.86. The van der Waals surface area contributed by atoms with Gasteiger partial charge in [0.15, 0.2) is 5.82 Å². The van der Waals surface area contributed by atoms with Crippen LogP contribution in [-0.4, -0.2) is 31.1 Å². The first-order chi connectivity index (χ1) is 18.2. The van der Waals surface area contributed by atoms with Crippen LogP contribution in [0.2, 0.25) is 0 Å². The maximum atomic E-state index is 13.0. The number of H-pyrrole nitrogens is 1. The number of hydrogen-bond acceptors (Lipinski definition) is 5. The summed E-state index contributed by atoms with van der Waals surface area (Å²) in [5.74, 6) is 0.235. The fraction of sp³-hybridized carbons (Fsp3) is 0.0345. The first kappa shape index (κ1) is 22.2.